The van der Waals surface area contributed by atoms with Crippen LogP contribution in [-0.2, 0) is 4.79 Å². The summed E-state index contributed by atoms with van der Waals surface area (Å²) in [5, 5.41) is 3.50. The lowest BCUT2D eigenvalue weighted by Crippen LogP contribution is -2.30. The van der Waals surface area contributed by atoms with Gasteiger partial charge in [-0.15, -0.1) is 0 Å². The number of rotatable bonds is 6. The number of aryl methyl sites for hydroxylation is 1. The first kappa shape index (κ1) is 18.8. The second-order valence-electron chi connectivity index (χ2n) is 6.10. The molecule has 3 aromatic carbocycles. The van der Waals surface area contributed by atoms with Gasteiger partial charge in [0.15, 0.2) is 6.10 Å². The van der Waals surface area contributed by atoms with Crippen LogP contribution in [0.15, 0.2) is 72.8 Å². The number of ether oxygens (including phenoxy) is 2. The van der Waals surface area contributed by atoms with Gasteiger partial charge in [-0.25, -0.2) is 0 Å². The third kappa shape index (κ3) is 5.25. The number of hydrogen-bond donors (Lipinski definition) is 1. The van der Waals surface area contributed by atoms with Gasteiger partial charge in [0.1, 0.15) is 17.2 Å². The van der Waals surface area contributed by atoms with Crippen LogP contribution in [0.2, 0.25) is 5.02 Å². The van der Waals surface area contributed by atoms with Crippen molar-refractivity contribution in [3.8, 4) is 17.2 Å². The molecule has 4 nitrogen and oxygen atoms in total. The van der Waals surface area contributed by atoms with Gasteiger partial charge >= 0.3 is 0 Å². The number of para-hydroxylation sites is 1. The number of halogens is 1. The maximum atomic E-state index is 12.4. The van der Waals surface area contributed by atoms with Crippen molar-refractivity contribution in [2.75, 3.05) is 5.32 Å². The first-order valence-electron chi connectivity index (χ1n) is 8.58. The summed E-state index contributed by atoms with van der Waals surface area (Å²) in [6.07, 6.45) is -0.647. The maximum absolute atomic E-state index is 12.4. The van der Waals surface area contributed by atoms with Crippen molar-refractivity contribution >= 4 is 23.2 Å². The van der Waals surface area contributed by atoms with Crippen LogP contribution in [-0.4, -0.2) is 12.0 Å². The summed E-state index contributed by atoms with van der Waals surface area (Å²) in [6.45, 7) is 3.59. The molecule has 1 N–H and O–H groups in total. The molecule has 1 amide bonds. The van der Waals surface area contributed by atoms with Gasteiger partial charge in [0, 0.05) is 10.7 Å². The monoisotopic (exact) mass is 381 g/mol. The highest BCUT2D eigenvalue weighted by molar-refractivity contribution is 6.31. The quantitative estimate of drug-likeness (QED) is 0.582. The molecule has 0 fully saturated rings. The summed E-state index contributed by atoms with van der Waals surface area (Å²) in [5.74, 6) is 1.82. The van der Waals surface area contributed by atoms with Gasteiger partial charge in [0.05, 0.1) is 0 Å². The van der Waals surface area contributed by atoms with Gasteiger partial charge < -0.3 is 14.8 Å². The van der Waals surface area contributed by atoms with Gasteiger partial charge in [-0.3, -0.25) is 4.79 Å². The van der Waals surface area contributed by atoms with Gasteiger partial charge in [0.25, 0.3) is 5.91 Å². The Bertz CT molecular complexity index is 911. The Hall–Kier alpha value is -2.98. The normalized spacial score (nSPS) is 11.5. The second kappa shape index (κ2) is 8.60. The number of carbonyl (C=O) groups excluding carboxylic acids is 1. The molecule has 3 rings (SSSR count). The van der Waals surface area contributed by atoms with E-state index in [1.807, 2.05) is 43.3 Å². The van der Waals surface area contributed by atoms with Crippen molar-refractivity contribution in [2.24, 2.45) is 0 Å². The minimum atomic E-state index is -0.647. The predicted molar refractivity (Wildman–Crippen MR) is 108 cm³/mol. The Morgan fingerprint density at radius 2 is 1.56 bits per heavy atom. The summed E-state index contributed by atoms with van der Waals surface area (Å²) >= 11 is 6.01. The van der Waals surface area contributed by atoms with E-state index in [2.05, 4.69) is 5.32 Å². The van der Waals surface area contributed by atoms with E-state index in [1.165, 1.54) is 0 Å². The van der Waals surface area contributed by atoms with E-state index in [0.29, 0.717) is 22.2 Å². The summed E-state index contributed by atoms with van der Waals surface area (Å²) in [5.41, 5.74) is 1.57. The van der Waals surface area contributed by atoms with Gasteiger partial charge in [-0.2, -0.15) is 0 Å². The van der Waals surface area contributed by atoms with E-state index in [0.717, 1.165) is 11.3 Å². The minimum absolute atomic E-state index is 0.237. The number of carbonyl (C=O) groups is 1. The summed E-state index contributed by atoms with van der Waals surface area (Å²) in [4.78, 5) is 12.4. The molecule has 0 bridgehead atoms. The van der Waals surface area contributed by atoms with Crippen molar-refractivity contribution in [2.45, 2.75) is 20.0 Å². The maximum Gasteiger partial charge on any atom is 0.265 e. The average molecular weight is 382 g/mol. The minimum Gasteiger partial charge on any atom is -0.481 e. The molecule has 27 heavy (non-hydrogen) atoms. The number of nitrogens with one attached hydrogen (secondary N) is 1. The molecule has 0 aliphatic rings. The van der Waals surface area contributed by atoms with Crippen molar-refractivity contribution in [1.29, 1.82) is 0 Å². The molecular formula is C22H20ClNO3. The van der Waals surface area contributed by atoms with Crippen LogP contribution in [0.25, 0.3) is 0 Å². The standard InChI is InChI=1S/C22H20ClNO3/c1-15-14-20(12-13-21(15)23)26-16(2)22(25)24-17-8-10-19(11-9-17)27-18-6-4-3-5-7-18/h3-14,16H,1-2H3,(H,24,25). The molecule has 0 aromatic heterocycles. The molecule has 1 unspecified atom stereocenters. The van der Waals surface area contributed by atoms with Crippen LogP contribution in [0.1, 0.15) is 12.5 Å². The highest BCUT2D eigenvalue weighted by Gasteiger charge is 2.15. The van der Waals surface area contributed by atoms with Gasteiger partial charge in [0.2, 0.25) is 0 Å². The molecule has 0 saturated carbocycles. The molecule has 1 atom stereocenters. The Morgan fingerprint density at radius 3 is 2.22 bits per heavy atom. The van der Waals surface area contributed by atoms with Crippen molar-refractivity contribution in [3.05, 3.63) is 83.4 Å². The van der Waals surface area contributed by atoms with E-state index in [9.17, 15) is 4.79 Å². The van der Waals surface area contributed by atoms with Crippen molar-refractivity contribution in [3.63, 3.8) is 0 Å². The summed E-state index contributed by atoms with van der Waals surface area (Å²) < 4.78 is 11.4. The third-order valence-corrected chi connectivity index (χ3v) is 4.34. The first-order chi connectivity index (χ1) is 13.0. The van der Waals surface area contributed by atoms with E-state index < -0.39 is 6.10 Å². The first-order valence-corrected chi connectivity index (χ1v) is 8.96. The largest absolute Gasteiger partial charge is 0.481 e. The van der Waals surface area contributed by atoms with E-state index in [4.69, 9.17) is 21.1 Å². The Balaban J connectivity index is 1.57. The lowest BCUT2D eigenvalue weighted by molar-refractivity contribution is -0.122. The van der Waals surface area contributed by atoms with Gasteiger partial charge in [-0.05, 0) is 74.0 Å². The zero-order chi connectivity index (χ0) is 19.2. The van der Waals surface area contributed by atoms with Crippen LogP contribution in [0.5, 0.6) is 17.2 Å². The smallest absolute Gasteiger partial charge is 0.265 e. The molecule has 0 aliphatic carbocycles. The predicted octanol–water partition coefficient (Wildman–Crippen LogP) is 5.85. The number of hydrogen-bond acceptors (Lipinski definition) is 3. The van der Waals surface area contributed by atoms with E-state index >= 15 is 0 Å². The van der Waals surface area contributed by atoms with E-state index in [-0.39, 0.29) is 5.91 Å². The van der Waals surface area contributed by atoms with Crippen LogP contribution in [0, 0.1) is 6.92 Å². The van der Waals surface area contributed by atoms with Crippen LogP contribution in [0.3, 0.4) is 0 Å². The van der Waals surface area contributed by atoms with Crippen molar-refractivity contribution < 1.29 is 14.3 Å². The molecule has 0 aliphatic heterocycles. The SMILES string of the molecule is Cc1cc(OC(C)C(=O)Nc2ccc(Oc3ccccc3)cc2)ccc1Cl. The van der Waals surface area contributed by atoms with Crippen LogP contribution < -0.4 is 14.8 Å². The molecule has 0 spiro atoms. The second-order valence-corrected chi connectivity index (χ2v) is 6.51. The zero-order valence-corrected chi connectivity index (χ0v) is 15.9. The highest BCUT2D eigenvalue weighted by Crippen LogP contribution is 2.24. The average Bonchev–Trinajstić information content (AvgIpc) is 2.67. The molecule has 3 aromatic rings. The fraction of sp³-hybridized carbons (Fsp3) is 0.136. The number of anilines is 1. The molecule has 5 heteroatoms. The van der Waals surface area contributed by atoms with Crippen molar-refractivity contribution in [1.82, 2.24) is 0 Å². The topological polar surface area (TPSA) is 47.6 Å². The Labute approximate surface area is 163 Å². The Morgan fingerprint density at radius 1 is 0.926 bits per heavy atom. The zero-order valence-electron chi connectivity index (χ0n) is 15.1. The lowest BCUT2D eigenvalue weighted by Gasteiger charge is -2.15. The molecule has 0 saturated heterocycles. The third-order valence-electron chi connectivity index (χ3n) is 3.91. The highest BCUT2D eigenvalue weighted by atomic mass is 35.5. The van der Waals surface area contributed by atoms with Gasteiger partial charge in [-0.1, -0.05) is 29.8 Å². The number of benzene rings is 3. The van der Waals surface area contributed by atoms with Crippen LogP contribution in [0.4, 0.5) is 5.69 Å². The summed E-state index contributed by atoms with van der Waals surface area (Å²) in [6, 6.07) is 22.0. The lowest BCUT2D eigenvalue weighted by atomic mass is 10.2. The number of amides is 1. The fourth-order valence-electron chi connectivity index (χ4n) is 2.42. The molecule has 0 heterocycles. The fourth-order valence-corrected chi connectivity index (χ4v) is 2.54. The van der Waals surface area contributed by atoms with E-state index in [1.54, 1.807) is 43.3 Å². The summed E-state index contributed by atoms with van der Waals surface area (Å²) in [7, 11) is 0. The molecule has 138 valence electrons. The molecule has 0 radical (unpaired) electrons. The Kier molecular flexibility index (Phi) is 5.99. The molecular weight excluding hydrogens is 362 g/mol. The van der Waals surface area contributed by atoms with Crippen LogP contribution >= 0.6 is 11.6 Å².